The van der Waals surface area contributed by atoms with Crippen LogP contribution in [0.5, 0.6) is 0 Å². The summed E-state index contributed by atoms with van der Waals surface area (Å²) in [4.78, 5) is 11.8. The van der Waals surface area contributed by atoms with Crippen LogP contribution in [-0.4, -0.2) is 25.1 Å². The molecule has 0 aromatic carbocycles. The standard InChI is InChI=1S/C6H6ClN7S/c7-3-1-9-5(13-8)12-4(3)15-6-10-2-11-14-6/h1-2H,8H2,(H,9,12,13)(H,10,11,14). The van der Waals surface area contributed by atoms with Gasteiger partial charge in [-0.15, -0.1) is 0 Å². The second-order valence-corrected chi connectivity index (χ2v) is 3.77. The molecule has 15 heavy (non-hydrogen) atoms. The first-order valence-electron chi connectivity index (χ1n) is 3.82. The summed E-state index contributed by atoms with van der Waals surface area (Å²) in [5.41, 5.74) is 2.33. The van der Waals surface area contributed by atoms with Gasteiger partial charge in [0.2, 0.25) is 5.95 Å². The second-order valence-electron chi connectivity index (χ2n) is 2.38. The maximum Gasteiger partial charge on any atom is 0.238 e. The Balaban J connectivity index is 2.27. The molecule has 0 aliphatic rings. The van der Waals surface area contributed by atoms with Crippen molar-refractivity contribution in [2.24, 2.45) is 5.84 Å². The van der Waals surface area contributed by atoms with E-state index in [1.807, 2.05) is 0 Å². The van der Waals surface area contributed by atoms with Crippen LogP contribution in [0.15, 0.2) is 22.7 Å². The van der Waals surface area contributed by atoms with Crippen molar-refractivity contribution in [2.45, 2.75) is 10.2 Å². The smallest absolute Gasteiger partial charge is 0.238 e. The summed E-state index contributed by atoms with van der Waals surface area (Å²) < 4.78 is 0. The van der Waals surface area contributed by atoms with Crippen molar-refractivity contribution < 1.29 is 0 Å². The molecule has 0 saturated carbocycles. The molecule has 0 spiro atoms. The Bertz CT molecular complexity index is 445. The van der Waals surface area contributed by atoms with Crippen molar-refractivity contribution in [2.75, 3.05) is 5.43 Å². The van der Waals surface area contributed by atoms with Gasteiger partial charge in [-0.3, -0.25) is 10.5 Å². The molecule has 0 bridgehead atoms. The Morgan fingerprint density at radius 2 is 2.33 bits per heavy atom. The van der Waals surface area contributed by atoms with Crippen LogP contribution in [0.25, 0.3) is 0 Å². The lowest BCUT2D eigenvalue weighted by Crippen LogP contribution is -2.10. The van der Waals surface area contributed by atoms with Gasteiger partial charge in [0.25, 0.3) is 0 Å². The first-order chi connectivity index (χ1) is 7.29. The SMILES string of the molecule is NNc1ncc(Cl)c(Sc2ncn[nH]2)n1. The number of hydrogen-bond donors (Lipinski definition) is 3. The number of nitrogens with one attached hydrogen (secondary N) is 2. The molecule has 2 aromatic rings. The lowest BCUT2D eigenvalue weighted by Gasteiger charge is -2.02. The zero-order chi connectivity index (χ0) is 10.7. The fourth-order valence-electron chi connectivity index (χ4n) is 0.828. The number of halogens is 1. The molecule has 0 fully saturated rings. The third-order valence-corrected chi connectivity index (χ3v) is 2.71. The first kappa shape index (κ1) is 10.1. The summed E-state index contributed by atoms with van der Waals surface area (Å²) in [6, 6.07) is 0. The van der Waals surface area contributed by atoms with Crippen LogP contribution in [-0.2, 0) is 0 Å². The van der Waals surface area contributed by atoms with Gasteiger partial charge in [-0.25, -0.2) is 20.8 Å². The van der Waals surface area contributed by atoms with Crippen molar-refractivity contribution in [3.63, 3.8) is 0 Å². The summed E-state index contributed by atoms with van der Waals surface area (Å²) in [6.45, 7) is 0. The van der Waals surface area contributed by atoms with Gasteiger partial charge in [0.15, 0.2) is 5.16 Å². The highest BCUT2D eigenvalue weighted by atomic mass is 35.5. The van der Waals surface area contributed by atoms with E-state index in [2.05, 4.69) is 30.6 Å². The predicted molar refractivity (Wildman–Crippen MR) is 55.4 cm³/mol. The summed E-state index contributed by atoms with van der Waals surface area (Å²) in [6.07, 6.45) is 2.86. The number of hydrazine groups is 1. The van der Waals surface area contributed by atoms with Crippen molar-refractivity contribution in [3.05, 3.63) is 17.5 Å². The van der Waals surface area contributed by atoms with Crippen LogP contribution < -0.4 is 11.3 Å². The van der Waals surface area contributed by atoms with Gasteiger partial charge in [0, 0.05) is 0 Å². The number of nitrogens with zero attached hydrogens (tertiary/aromatic N) is 4. The fraction of sp³-hybridized carbons (Fsp3) is 0. The highest BCUT2D eigenvalue weighted by Gasteiger charge is 2.08. The molecular formula is C6H6ClN7S. The van der Waals surface area contributed by atoms with Crippen LogP contribution in [0.4, 0.5) is 5.95 Å². The molecule has 9 heteroatoms. The van der Waals surface area contributed by atoms with Crippen LogP contribution in [0.1, 0.15) is 0 Å². The Morgan fingerprint density at radius 1 is 1.47 bits per heavy atom. The van der Waals surface area contributed by atoms with E-state index in [9.17, 15) is 0 Å². The molecule has 0 amide bonds. The minimum absolute atomic E-state index is 0.293. The van der Waals surface area contributed by atoms with Gasteiger partial charge in [-0.1, -0.05) is 11.6 Å². The van der Waals surface area contributed by atoms with Gasteiger partial charge in [0.1, 0.15) is 11.4 Å². The largest absolute Gasteiger partial charge is 0.292 e. The first-order valence-corrected chi connectivity index (χ1v) is 5.01. The molecule has 78 valence electrons. The normalized spacial score (nSPS) is 10.3. The van der Waals surface area contributed by atoms with Gasteiger partial charge in [-0.05, 0) is 11.8 Å². The van der Waals surface area contributed by atoms with E-state index in [1.165, 1.54) is 24.3 Å². The maximum absolute atomic E-state index is 5.89. The number of nitrogens with two attached hydrogens (primary N) is 1. The number of nitrogen functional groups attached to an aromatic ring is 1. The van der Waals surface area contributed by atoms with E-state index in [-0.39, 0.29) is 0 Å². The number of aromatic amines is 1. The van der Waals surface area contributed by atoms with E-state index >= 15 is 0 Å². The predicted octanol–water partition coefficient (Wildman–Crippen LogP) is 0.685. The molecule has 2 heterocycles. The van der Waals surface area contributed by atoms with Crippen LogP contribution >= 0.6 is 23.4 Å². The highest BCUT2D eigenvalue weighted by Crippen LogP contribution is 2.28. The van der Waals surface area contributed by atoms with Gasteiger partial charge in [-0.2, -0.15) is 5.10 Å². The molecule has 4 N–H and O–H groups in total. The summed E-state index contributed by atoms with van der Waals surface area (Å²) in [7, 11) is 0. The van der Waals surface area contributed by atoms with E-state index < -0.39 is 0 Å². The van der Waals surface area contributed by atoms with Gasteiger partial charge < -0.3 is 0 Å². The Morgan fingerprint density at radius 3 is 3.00 bits per heavy atom. The monoisotopic (exact) mass is 243 g/mol. The quantitative estimate of drug-likeness (QED) is 0.414. The molecule has 0 saturated heterocycles. The van der Waals surface area contributed by atoms with Crippen LogP contribution in [0.2, 0.25) is 5.02 Å². The third-order valence-electron chi connectivity index (χ3n) is 1.43. The van der Waals surface area contributed by atoms with Gasteiger partial charge >= 0.3 is 0 Å². The fourth-order valence-corrected chi connectivity index (χ4v) is 1.70. The summed E-state index contributed by atoms with van der Waals surface area (Å²) >= 11 is 7.14. The summed E-state index contributed by atoms with van der Waals surface area (Å²) in [5, 5.41) is 7.96. The van der Waals surface area contributed by atoms with Crippen molar-refractivity contribution in [3.8, 4) is 0 Å². The average molecular weight is 244 g/mol. The number of aromatic nitrogens is 5. The third kappa shape index (κ3) is 2.35. The lowest BCUT2D eigenvalue weighted by atomic mass is 10.7. The van der Waals surface area contributed by atoms with Crippen molar-refractivity contribution in [1.29, 1.82) is 0 Å². The molecule has 0 aliphatic carbocycles. The summed E-state index contributed by atoms with van der Waals surface area (Å²) in [5.74, 6) is 5.47. The van der Waals surface area contributed by atoms with Gasteiger partial charge in [0.05, 0.1) is 11.2 Å². The molecule has 0 aliphatic heterocycles. The van der Waals surface area contributed by atoms with E-state index in [4.69, 9.17) is 17.4 Å². The minimum Gasteiger partial charge on any atom is -0.292 e. The molecule has 7 nitrogen and oxygen atoms in total. The second kappa shape index (κ2) is 4.43. The molecular weight excluding hydrogens is 238 g/mol. The van der Waals surface area contributed by atoms with Crippen molar-refractivity contribution in [1.82, 2.24) is 25.1 Å². The number of hydrogen-bond acceptors (Lipinski definition) is 7. The zero-order valence-electron chi connectivity index (χ0n) is 7.31. The maximum atomic E-state index is 5.89. The average Bonchev–Trinajstić information content (AvgIpc) is 2.74. The Hall–Kier alpha value is -1.38. The molecule has 2 aromatic heterocycles. The van der Waals surface area contributed by atoms with Crippen LogP contribution in [0, 0.1) is 0 Å². The van der Waals surface area contributed by atoms with Crippen molar-refractivity contribution >= 4 is 29.3 Å². The Labute approximate surface area is 93.8 Å². The molecule has 0 unspecified atom stereocenters. The number of anilines is 1. The topological polar surface area (TPSA) is 105 Å². The molecule has 0 atom stereocenters. The van der Waals surface area contributed by atoms with Crippen LogP contribution in [0.3, 0.4) is 0 Å². The van der Waals surface area contributed by atoms with E-state index in [0.717, 1.165) is 0 Å². The zero-order valence-corrected chi connectivity index (χ0v) is 8.88. The minimum atomic E-state index is 0.293. The van der Waals surface area contributed by atoms with E-state index in [0.29, 0.717) is 21.2 Å². The number of rotatable bonds is 3. The molecule has 2 rings (SSSR count). The molecule has 0 radical (unpaired) electrons. The number of H-pyrrole nitrogens is 1. The van der Waals surface area contributed by atoms with E-state index in [1.54, 1.807) is 0 Å². The highest BCUT2D eigenvalue weighted by molar-refractivity contribution is 7.99. The Kier molecular flexibility index (Phi) is 2.99. The lowest BCUT2D eigenvalue weighted by molar-refractivity contribution is 0.961.